The van der Waals surface area contributed by atoms with Crippen molar-refractivity contribution in [1.29, 1.82) is 0 Å². The van der Waals surface area contributed by atoms with Gasteiger partial charge in [0.05, 0.1) is 11.4 Å². The van der Waals surface area contributed by atoms with Crippen molar-refractivity contribution in [3.63, 3.8) is 0 Å². The Labute approximate surface area is 171 Å². The molecule has 4 rings (SSSR count). The molecule has 1 heterocycles. The van der Waals surface area contributed by atoms with E-state index in [0.717, 1.165) is 31.4 Å². The first-order valence-corrected chi connectivity index (χ1v) is 9.82. The number of halogens is 2. The van der Waals surface area contributed by atoms with Crippen LogP contribution in [0, 0.1) is 18.6 Å². The Kier molecular flexibility index (Phi) is 5.05. The zero-order valence-electron chi connectivity index (χ0n) is 16.6. The average molecular weight is 413 g/mol. The third-order valence-corrected chi connectivity index (χ3v) is 5.73. The van der Waals surface area contributed by atoms with Crippen LogP contribution in [0.25, 0.3) is 10.9 Å². The van der Waals surface area contributed by atoms with Crippen molar-refractivity contribution in [1.82, 2.24) is 4.57 Å². The summed E-state index contributed by atoms with van der Waals surface area (Å²) in [5, 5.41) is 10.5. The minimum Gasteiger partial charge on any atom is -0.508 e. The summed E-state index contributed by atoms with van der Waals surface area (Å²) in [5.41, 5.74) is 1.46. The normalized spacial score (nSPS) is 15.1. The van der Waals surface area contributed by atoms with E-state index in [1.807, 2.05) is 0 Å². The first-order valence-electron chi connectivity index (χ1n) is 9.82. The molecule has 156 valence electrons. The minimum atomic E-state index is -1.12. The number of esters is 1. The molecule has 0 saturated heterocycles. The van der Waals surface area contributed by atoms with Crippen molar-refractivity contribution < 1.29 is 28.2 Å². The number of phenols is 1. The lowest BCUT2D eigenvalue weighted by Crippen LogP contribution is -2.27. The molecule has 0 aliphatic heterocycles. The van der Waals surface area contributed by atoms with E-state index in [2.05, 4.69) is 0 Å². The third-order valence-electron chi connectivity index (χ3n) is 5.73. The maximum atomic E-state index is 13.7. The lowest BCUT2D eigenvalue weighted by Gasteiger charge is -2.26. The second kappa shape index (κ2) is 7.55. The Morgan fingerprint density at radius 2 is 1.87 bits per heavy atom. The fraction of sp³-hybridized carbons (Fsp3) is 0.304. The molecule has 1 atom stereocenters. The first-order chi connectivity index (χ1) is 14.3. The van der Waals surface area contributed by atoms with Gasteiger partial charge in [0.15, 0.2) is 11.6 Å². The van der Waals surface area contributed by atoms with Gasteiger partial charge in [-0.2, -0.15) is 0 Å². The van der Waals surface area contributed by atoms with Gasteiger partial charge in [0.25, 0.3) is 5.91 Å². The number of hydrogen-bond donors (Lipinski definition) is 1. The molecule has 2 aromatic carbocycles. The molecular weight excluding hydrogens is 392 g/mol. The second-order valence-corrected chi connectivity index (χ2v) is 7.68. The van der Waals surface area contributed by atoms with E-state index >= 15 is 0 Å². The number of carbonyl (C=O) groups is 2. The summed E-state index contributed by atoms with van der Waals surface area (Å²) in [6, 6.07) is 7.42. The zero-order valence-corrected chi connectivity index (χ0v) is 16.6. The summed E-state index contributed by atoms with van der Waals surface area (Å²) in [6.07, 6.45) is 2.63. The Hall–Kier alpha value is -3.22. The topological polar surface area (TPSA) is 68.5 Å². The van der Waals surface area contributed by atoms with Crippen LogP contribution in [0.4, 0.5) is 8.78 Å². The fourth-order valence-corrected chi connectivity index (χ4v) is 3.87. The standard InChI is InChI=1S/C23H21F2NO4/c1-12(23(29)30-16-4-3-5-16)21-13(2)26(20-9-7-15(27)11-17(20)21)22(28)14-6-8-18(24)19(25)10-14/h6-12,16,27H,3-5H2,1-2H3. The number of aromatic hydroxyl groups is 1. The molecule has 0 radical (unpaired) electrons. The van der Waals surface area contributed by atoms with Crippen LogP contribution in [0.15, 0.2) is 36.4 Å². The average Bonchev–Trinajstić information content (AvgIpc) is 2.96. The quantitative estimate of drug-likeness (QED) is 0.623. The smallest absolute Gasteiger partial charge is 0.313 e. The lowest BCUT2D eigenvalue weighted by molar-refractivity contribution is -0.154. The number of nitrogens with zero attached hydrogens (tertiary/aromatic N) is 1. The molecule has 5 nitrogen and oxygen atoms in total. The van der Waals surface area contributed by atoms with Crippen molar-refractivity contribution in [3.05, 3.63) is 64.9 Å². The molecule has 0 spiro atoms. The Balaban J connectivity index is 1.82. The van der Waals surface area contributed by atoms with Crippen LogP contribution in [0.3, 0.4) is 0 Å². The molecule has 30 heavy (non-hydrogen) atoms. The van der Waals surface area contributed by atoms with E-state index in [4.69, 9.17) is 4.74 Å². The number of carbonyl (C=O) groups excluding carboxylic acids is 2. The van der Waals surface area contributed by atoms with Crippen LogP contribution in [-0.4, -0.2) is 27.7 Å². The molecule has 1 aliphatic carbocycles. The van der Waals surface area contributed by atoms with Gasteiger partial charge in [-0.25, -0.2) is 8.78 Å². The second-order valence-electron chi connectivity index (χ2n) is 7.68. The highest BCUT2D eigenvalue weighted by Crippen LogP contribution is 2.36. The molecule has 3 aromatic rings. The van der Waals surface area contributed by atoms with Crippen molar-refractivity contribution in [2.45, 2.75) is 45.1 Å². The maximum Gasteiger partial charge on any atom is 0.313 e. The number of fused-ring (bicyclic) bond motifs is 1. The molecule has 1 saturated carbocycles. The van der Waals surface area contributed by atoms with Gasteiger partial charge in [-0.1, -0.05) is 0 Å². The number of benzene rings is 2. The molecule has 1 aliphatic rings. The number of phenolic OH excluding ortho intramolecular Hbond substituents is 1. The summed E-state index contributed by atoms with van der Waals surface area (Å²) < 4.78 is 33.9. The van der Waals surface area contributed by atoms with Gasteiger partial charge in [-0.3, -0.25) is 14.2 Å². The van der Waals surface area contributed by atoms with E-state index in [1.54, 1.807) is 19.9 Å². The highest BCUT2D eigenvalue weighted by Gasteiger charge is 2.30. The van der Waals surface area contributed by atoms with Gasteiger partial charge in [-0.05, 0) is 75.1 Å². The van der Waals surface area contributed by atoms with E-state index in [0.29, 0.717) is 22.2 Å². The van der Waals surface area contributed by atoms with Crippen LogP contribution in [0.1, 0.15) is 53.7 Å². The Morgan fingerprint density at radius 1 is 1.13 bits per heavy atom. The SMILES string of the molecule is Cc1c(C(C)C(=O)OC2CCC2)c2cc(O)ccc2n1C(=O)c1ccc(F)c(F)c1. The first kappa shape index (κ1) is 20.1. The van der Waals surface area contributed by atoms with Gasteiger partial charge in [0.1, 0.15) is 11.9 Å². The number of hydrogen-bond acceptors (Lipinski definition) is 4. The molecule has 0 amide bonds. The van der Waals surface area contributed by atoms with Crippen molar-refractivity contribution >= 4 is 22.8 Å². The predicted octanol–water partition coefficient (Wildman–Crippen LogP) is 4.82. The highest BCUT2D eigenvalue weighted by atomic mass is 19.2. The molecule has 1 N–H and O–H groups in total. The molecule has 1 unspecified atom stereocenters. The van der Waals surface area contributed by atoms with Crippen LogP contribution in [0.2, 0.25) is 0 Å². The van der Waals surface area contributed by atoms with Crippen molar-refractivity contribution in [2.75, 3.05) is 0 Å². The van der Waals surface area contributed by atoms with Gasteiger partial charge >= 0.3 is 5.97 Å². The maximum absolute atomic E-state index is 13.7. The van der Waals surface area contributed by atoms with Crippen LogP contribution in [-0.2, 0) is 9.53 Å². The predicted molar refractivity (Wildman–Crippen MR) is 107 cm³/mol. The van der Waals surface area contributed by atoms with Gasteiger partial charge in [0.2, 0.25) is 0 Å². The summed E-state index contributed by atoms with van der Waals surface area (Å²) in [6.45, 7) is 3.37. The molecule has 1 aromatic heterocycles. The summed E-state index contributed by atoms with van der Waals surface area (Å²) in [4.78, 5) is 25.9. The fourth-order valence-electron chi connectivity index (χ4n) is 3.87. The van der Waals surface area contributed by atoms with Crippen molar-refractivity contribution in [2.24, 2.45) is 0 Å². The summed E-state index contributed by atoms with van der Waals surface area (Å²) >= 11 is 0. The van der Waals surface area contributed by atoms with Crippen LogP contribution in [0.5, 0.6) is 5.75 Å². The molecule has 1 fully saturated rings. The Morgan fingerprint density at radius 3 is 2.50 bits per heavy atom. The lowest BCUT2D eigenvalue weighted by atomic mass is 9.94. The Bertz CT molecular complexity index is 1160. The van der Waals surface area contributed by atoms with Crippen molar-refractivity contribution in [3.8, 4) is 5.75 Å². The van der Waals surface area contributed by atoms with E-state index in [-0.39, 0.29) is 17.4 Å². The van der Waals surface area contributed by atoms with Gasteiger partial charge in [0, 0.05) is 16.6 Å². The molecule has 0 bridgehead atoms. The monoisotopic (exact) mass is 413 g/mol. The van der Waals surface area contributed by atoms with E-state index < -0.39 is 29.4 Å². The van der Waals surface area contributed by atoms with E-state index in [1.165, 1.54) is 22.8 Å². The van der Waals surface area contributed by atoms with Gasteiger partial charge in [-0.15, -0.1) is 0 Å². The number of ether oxygens (including phenoxy) is 1. The number of aromatic nitrogens is 1. The number of rotatable bonds is 4. The van der Waals surface area contributed by atoms with E-state index in [9.17, 15) is 23.5 Å². The van der Waals surface area contributed by atoms with Crippen LogP contribution >= 0.6 is 0 Å². The molecule has 7 heteroatoms. The van der Waals surface area contributed by atoms with Gasteiger partial charge < -0.3 is 9.84 Å². The minimum absolute atomic E-state index is 0.0132. The third kappa shape index (κ3) is 3.34. The zero-order chi connectivity index (χ0) is 21.6. The summed E-state index contributed by atoms with van der Waals surface area (Å²) in [5.74, 6) is -3.81. The molecular formula is C23H21F2NO4. The largest absolute Gasteiger partial charge is 0.508 e. The summed E-state index contributed by atoms with van der Waals surface area (Å²) in [7, 11) is 0. The van der Waals surface area contributed by atoms with Crippen LogP contribution < -0.4 is 0 Å². The highest BCUT2D eigenvalue weighted by molar-refractivity contribution is 6.05.